The average Bonchev–Trinajstić information content (AvgIpc) is 2.41. The van der Waals surface area contributed by atoms with Crippen LogP contribution in [0.15, 0.2) is 18.2 Å². The van der Waals surface area contributed by atoms with Crippen LogP contribution in [0.4, 0.5) is 10.1 Å². The summed E-state index contributed by atoms with van der Waals surface area (Å²) in [5.74, 6) is -0.939. The van der Waals surface area contributed by atoms with Crippen molar-refractivity contribution in [2.24, 2.45) is 0 Å². The van der Waals surface area contributed by atoms with E-state index in [4.69, 9.17) is 10.5 Å². The quantitative estimate of drug-likeness (QED) is 0.741. The second-order valence-electron chi connectivity index (χ2n) is 4.15. The number of nitrogens with zero attached hydrogens (tertiary/aromatic N) is 1. The maximum absolute atomic E-state index is 13.3. The number of carbonyl (C=O) groups is 1. The monoisotopic (exact) mass is 254 g/mol. The summed E-state index contributed by atoms with van der Waals surface area (Å²) in [7, 11) is 0. The molecule has 1 aliphatic heterocycles. The zero-order valence-electron chi connectivity index (χ0n) is 9.80. The second-order valence-corrected chi connectivity index (χ2v) is 4.15. The van der Waals surface area contributed by atoms with Crippen LogP contribution in [0.2, 0.25) is 0 Å². The molecule has 0 bridgehead atoms. The van der Waals surface area contributed by atoms with Crippen molar-refractivity contribution in [2.75, 3.05) is 32.1 Å². The number of rotatable bonds is 2. The number of aliphatic hydroxyl groups excluding tert-OH is 1. The molecular formula is C12H15FN2O3. The Kier molecular flexibility index (Phi) is 3.78. The third kappa shape index (κ3) is 2.44. The Balaban J connectivity index is 2.21. The van der Waals surface area contributed by atoms with Crippen molar-refractivity contribution >= 4 is 11.6 Å². The van der Waals surface area contributed by atoms with Crippen molar-refractivity contribution in [2.45, 2.75) is 6.04 Å². The lowest BCUT2D eigenvalue weighted by Crippen LogP contribution is -2.50. The Morgan fingerprint density at radius 3 is 3.06 bits per heavy atom. The van der Waals surface area contributed by atoms with E-state index in [9.17, 15) is 14.3 Å². The molecule has 6 heteroatoms. The summed E-state index contributed by atoms with van der Waals surface area (Å²) in [6.45, 7) is 0.915. The second kappa shape index (κ2) is 5.32. The smallest absolute Gasteiger partial charge is 0.254 e. The van der Waals surface area contributed by atoms with Gasteiger partial charge in [0.1, 0.15) is 5.82 Å². The molecule has 1 aromatic rings. The molecule has 1 saturated heterocycles. The molecule has 98 valence electrons. The van der Waals surface area contributed by atoms with Gasteiger partial charge in [-0.25, -0.2) is 4.39 Å². The molecule has 0 spiro atoms. The number of hydrogen-bond donors (Lipinski definition) is 2. The maximum Gasteiger partial charge on any atom is 0.254 e. The van der Waals surface area contributed by atoms with E-state index >= 15 is 0 Å². The zero-order chi connectivity index (χ0) is 13.1. The minimum Gasteiger partial charge on any atom is -0.396 e. The van der Waals surface area contributed by atoms with Gasteiger partial charge in [0.25, 0.3) is 5.91 Å². The normalized spacial score (nSPS) is 19.9. The molecule has 1 aromatic carbocycles. The zero-order valence-corrected chi connectivity index (χ0v) is 9.80. The largest absolute Gasteiger partial charge is 0.396 e. The first kappa shape index (κ1) is 12.8. The first-order chi connectivity index (χ1) is 8.63. The van der Waals surface area contributed by atoms with E-state index in [2.05, 4.69) is 0 Å². The van der Waals surface area contributed by atoms with Crippen LogP contribution in [0.3, 0.4) is 0 Å². The van der Waals surface area contributed by atoms with Crippen molar-refractivity contribution in [3.63, 3.8) is 0 Å². The van der Waals surface area contributed by atoms with E-state index < -0.39 is 5.82 Å². The number of anilines is 1. The fraction of sp³-hybridized carbons (Fsp3) is 0.417. The summed E-state index contributed by atoms with van der Waals surface area (Å²) in [6, 6.07) is 3.57. The topological polar surface area (TPSA) is 75.8 Å². The molecule has 0 saturated carbocycles. The predicted octanol–water partition coefficient (Wildman–Crippen LogP) is 0.241. The van der Waals surface area contributed by atoms with E-state index in [0.717, 1.165) is 6.07 Å². The Hall–Kier alpha value is -1.66. The van der Waals surface area contributed by atoms with Gasteiger partial charge >= 0.3 is 0 Å². The van der Waals surface area contributed by atoms with Gasteiger partial charge in [-0.3, -0.25) is 4.79 Å². The Morgan fingerprint density at radius 1 is 1.61 bits per heavy atom. The summed E-state index contributed by atoms with van der Waals surface area (Å²) in [4.78, 5) is 13.7. The first-order valence-corrected chi connectivity index (χ1v) is 5.68. The molecule has 0 aliphatic carbocycles. The van der Waals surface area contributed by atoms with Gasteiger partial charge in [-0.15, -0.1) is 0 Å². The number of amides is 1. The van der Waals surface area contributed by atoms with Crippen molar-refractivity contribution in [3.05, 3.63) is 29.6 Å². The lowest BCUT2D eigenvalue weighted by Gasteiger charge is -2.34. The SMILES string of the molecule is Nc1ccc(C(=O)N2CCOCC2CO)cc1F. The van der Waals surface area contributed by atoms with E-state index in [1.54, 1.807) is 0 Å². The summed E-state index contributed by atoms with van der Waals surface area (Å²) < 4.78 is 18.5. The fourth-order valence-electron chi connectivity index (χ4n) is 1.90. The van der Waals surface area contributed by atoms with Crippen LogP contribution in [0.1, 0.15) is 10.4 Å². The predicted molar refractivity (Wildman–Crippen MR) is 63.5 cm³/mol. The molecule has 1 atom stereocenters. The average molecular weight is 254 g/mol. The van der Waals surface area contributed by atoms with Crippen LogP contribution in [0.5, 0.6) is 0 Å². The Labute approximate surface area is 104 Å². The molecule has 0 radical (unpaired) electrons. The molecule has 1 fully saturated rings. The first-order valence-electron chi connectivity index (χ1n) is 5.68. The van der Waals surface area contributed by atoms with Gasteiger partial charge in [0.05, 0.1) is 31.5 Å². The van der Waals surface area contributed by atoms with Crippen LogP contribution in [-0.2, 0) is 4.74 Å². The van der Waals surface area contributed by atoms with Crippen LogP contribution >= 0.6 is 0 Å². The number of carbonyl (C=O) groups excluding carboxylic acids is 1. The molecule has 1 aliphatic rings. The summed E-state index contributed by atoms with van der Waals surface area (Å²) >= 11 is 0. The highest BCUT2D eigenvalue weighted by Crippen LogP contribution is 2.16. The van der Waals surface area contributed by atoms with Gasteiger partial charge in [-0.05, 0) is 18.2 Å². The maximum atomic E-state index is 13.3. The van der Waals surface area contributed by atoms with Crippen molar-refractivity contribution < 1.29 is 19.0 Å². The van der Waals surface area contributed by atoms with Gasteiger partial charge in [0.2, 0.25) is 0 Å². The van der Waals surface area contributed by atoms with Gasteiger partial charge in [-0.2, -0.15) is 0 Å². The lowest BCUT2D eigenvalue weighted by molar-refractivity contribution is -0.0184. The van der Waals surface area contributed by atoms with Gasteiger partial charge in [0.15, 0.2) is 0 Å². The van der Waals surface area contributed by atoms with Crippen molar-refractivity contribution in [3.8, 4) is 0 Å². The molecule has 3 N–H and O–H groups in total. The third-order valence-corrected chi connectivity index (χ3v) is 2.95. The molecule has 1 heterocycles. The van der Waals surface area contributed by atoms with E-state index in [-0.39, 0.29) is 29.8 Å². The van der Waals surface area contributed by atoms with Crippen LogP contribution in [0.25, 0.3) is 0 Å². The number of ether oxygens (including phenoxy) is 1. The molecule has 18 heavy (non-hydrogen) atoms. The van der Waals surface area contributed by atoms with Crippen LogP contribution in [-0.4, -0.2) is 48.3 Å². The van der Waals surface area contributed by atoms with E-state index in [1.807, 2.05) is 0 Å². The van der Waals surface area contributed by atoms with Gasteiger partial charge < -0.3 is 20.5 Å². The fourth-order valence-corrected chi connectivity index (χ4v) is 1.90. The standard InChI is InChI=1S/C12H15FN2O3/c13-10-5-8(1-2-11(10)14)12(17)15-3-4-18-7-9(15)6-16/h1-2,5,9,16H,3-4,6-7,14H2. The molecule has 0 aromatic heterocycles. The third-order valence-electron chi connectivity index (χ3n) is 2.95. The number of nitrogen functional groups attached to an aromatic ring is 1. The Bertz CT molecular complexity index is 453. The number of benzene rings is 1. The van der Waals surface area contributed by atoms with Crippen molar-refractivity contribution in [1.29, 1.82) is 0 Å². The highest BCUT2D eigenvalue weighted by atomic mass is 19.1. The molecule has 5 nitrogen and oxygen atoms in total. The number of hydrogen-bond acceptors (Lipinski definition) is 4. The lowest BCUT2D eigenvalue weighted by atomic mass is 10.1. The molecule has 1 unspecified atom stereocenters. The summed E-state index contributed by atoms with van der Waals surface area (Å²) in [5, 5.41) is 9.19. The Morgan fingerprint density at radius 2 is 2.39 bits per heavy atom. The molecular weight excluding hydrogens is 239 g/mol. The highest BCUT2D eigenvalue weighted by Gasteiger charge is 2.27. The number of aliphatic hydroxyl groups is 1. The van der Waals surface area contributed by atoms with Gasteiger partial charge in [-0.1, -0.05) is 0 Å². The number of halogens is 1. The highest BCUT2D eigenvalue weighted by molar-refractivity contribution is 5.94. The summed E-state index contributed by atoms with van der Waals surface area (Å²) in [5.41, 5.74) is 5.59. The van der Waals surface area contributed by atoms with Crippen LogP contribution < -0.4 is 5.73 Å². The van der Waals surface area contributed by atoms with E-state index in [1.165, 1.54) is 17.0 Å². The molecule has 2 rings (SSSR count). The van der Waals surface area contributed by atoms with Crippen molar-refractivity contribution in [1.82, 2.24) is 4.90 Å². The van der Waals surface area contributed by atoms with Gasteiger partial charge in [0, 0.05) is 12.1 Å². The van der Waals surface area contributed by atoms with Crippen LogP contribution in [0, 0.1) is 5.82 Å². The number of morpholine rings is 1. The summed E-state index contributed by atoms with van der Waals surface area (Å²) in [6.07, 6.45) is 0. The minimum atomic E-state index is -0.616. The molecule has 1 amide bonds. The number of nitrogens with two attached hydrogens (primary N) is 1. The van der Waals surface area contributed by atoms with E-state index in [0.29, 0.717) is 19.8 Å². The minimum absolute atomic E-state index is 0.00670.